The number of nitriles is 1. The smallest absolute Gasteiger partial charge is 0.323 e. The molecule has 0 bridgehead atoms. The van der Waals surface area contributed by atoms with E-state index in [2.05, 4.69) is 11.4 Å². The number of aromatic nitrogens is 1. The quantitative estimate of drug-likeness (QED) is 0.826. The molecule has 1 aliphatic rings. The van der Waals surface area contributed by atoms with Gasteiger partial charge < -0.3 is 15.0 Å². The van der Waals surface area contributed by atoms with Crippen LogP contribution in [0.15, 0.2) is 40.1 Å². The monoisotopic (exact) mass is 381 g/mol. The van der Waals surface area contributed by atoms with Crippen molar-refractivity contribution in [1.29, 1.82) is 5.26 Å². The first kappa shape index (κ1) is 18.8. The summed E-state index contributed by atoms with van der Waals surface area (Å²) in [6, 6.07) is 9.15. The standard InChI is InChI=1S/C20H19N3O3S/c1-12-20(27-15-8-6-14(10-21)7-9-15)19-16(22-13(2)24)4-3-5-17(19)23(12)11-18(25)26/h3,5-9,16H,4,11H2,1-2H3,(H,22,24)(H,25,26). The van der Waals surface area contributed by atoms with Gasteiger partial charge in [0.25, 0.3) is 0 Å². The molecule has 6 nitrogen and oxygen atoms in total. The molecule has 3 rings (SSSR count). The lowest BCUT2D eigenvalue weighted by Gasteiger charge is -2.22. The van der Waals surface area contributed by atoms with Crippen LogP contribution in [0.5, 0.6) is 0 Å². The Kier molecular flexibility index (Phi) is 5.38. The van der Waals surface area contributed by atoms with Crippen LogP contribution in [0.1, 0.15) is 41.9 Å². The van der Waals surface area contributed by atoms with E-state index in [1.807, 2.05) is 31.2 Å². The summed E-state index contributed by atoms with van der Waals surface area (Å²) in [5.74, 6) is -1.04. The van der Waals surface area contributed by atoms with Gasteiger partial charge in [0.1, 0.15) is 6.54 Å². The van der Waals surface area contributed by atoms with Crippen molar-refractivity contribution in [3.63, 3.8) is 0 Å². The second kappa shape index (κ2) is 7.72. The molecule has 1 aliphatic carbocycles. The highest BCUT2D eigenvalue weighted by Crippen LogP contribution is 2.43. The first-order chi connectivity index (χ1) is 12.9. The lowest BCUT2D eigenvalue weighted by atomic mass is 9.98. The van der Waals surface area contributed by atoms with Crippen LogP contribution in [0.3, 0.4) is 0 Å². The minimum Gasteiger partial charge on any atom is -0.480 e. The number of benzene rings is 1. The third-order valence-corrected chi connectivity index (χ3v) is 5.64. The van der Waals surface area contributed by atoms with Gasteiger partial charge in [-0.2, -0.15) is 5.26 Å². The minimum atomic E-state index is -0.916. The lowest BCUT2D eigenvalue weighted by Crippen LogP contribution is -2.27. The highest BCUT2D eigenvalue weighted by atomic mass is 32.2. The van der Waals surface area contributed by atoms with Crippen LogP contribution >= 0.6 is 11.8 Å². The van der Waals surface area contributed by atoms with E-state index in [-0.39, 0.29) is 18.5 Å². The summed E-state index contributed by atoms with van der Waals surface area (Å²) < 4.78 is 1.77. The summed E-state index contributed by atoms with van der Waals surface area (Å²) in [7, 11) is 0. The molecule has 1 aromatic heterocycles. The van der Waals surface area contributed by atoms with Crippen molar-refractivity contribution in [2.24, 2.45) is 0 Å². The number of fused-ring (bicyclic) bond motifs is 1. The molecule has 1 aromatic carbocycles. The lowest BCUT2D eigenvalue weighted by molar-refractivity contribution is -0.137. The molecule has 0 radical (unpaired) electrons. The van der Waals surface area contributed by atoms with E-state index in [4.69, 9.17) is 5.26 Å². The van der Waals surface area contributed by atoms with Crippen LogP contribution in [-0.4, -0.2) is 21.6 Å². The fraction of sp³-hybridized carbons (Fsp3) is 0.250. The van der Waals surface area contributed by atoms with Gasteiger partial charge in [-0.3, -0.25) is 9.59 Å². The average Bonchev–Trinajstić information content (AvgIpc) is 2.88. The van der Waals surface area contributed by atoms with Crippen LogP contribution in [0.2, 0.25) is 0 Å². The van der Waals surface area contributed by atoms with E-state index in [1.54, 1.807) is 16.7 Å². The highest BCUT2D eigenvalue weighted by molar-refractivity contribution is 7.99. The van der Waals surface area contributed by atoms with Gasteiger partial charge in [0.15, 0.2) is 0 Å². The van der Waals surface area contributed by atoms with Crippen molar-refractivity contribution in [2.75, 3.05) is 0 Å². The molecule has 2 aromatic rings. The molecule has 1 amide bonds. The Bertz CT molecular complexity index is 968. The van der Waals surface area contributed by atoms with Crippen LogP contribution in [0.4, 0.5) is 0 Å². The fourth-order valence-corrected chi connectivity index (χ4v) is 4.39. The number of hydrogen-bond acceptors (Lipinski definition) is 4. The highest BCUT2D eigenvalue weighted by Gasteiger charge is 2.29. The molecule has 0 saturated carbocycles. The van der Waals surface area contributed by atoms with Crippen molar-refractivity contribution in [3.8, 4) is 6.07 Å². The second-order valence-electron chi connectivity index (χ2n) is 6.32. The predicted molar refractivity (Wildman–Crippen MR) is 102 cm³/mol. The third-order valence-electron chi connectivity index (χ3n) is 4.42. The van der Waals surface area contributed by atoms with E-state index >= 15 is 0 Å². The van der Waals surface area contributed by atoms with Crippen molar-refractivity contribution in [3.05, 3.63) is 52.9 Å². The maximum atomic E-state index is 11.7. The molecule has 0 saturated heterocycles. The molecule has 0 aliphatic heterocycles. The Labute approximate surface area is 161 Å². The number of carboxylic acid groups (broad SMARTS) is 1. The Balaban J connectivity index is 2.09. The van der Waals surface area contributed by atoms with Crippen molar-refractivity contribution >= 4 is 29.7 Å². The summed E-state index contributed by atoms with van der Waals surface area (Å²) in [5.41, 5.74) is 3.19. The Hall–Kier alpha value is -2.98. The first-order valence-electron chi connectivity index (χ1n) is 8.47. The van der Waals surface area contributed by atoms with Gasteiger partial charge >= 0.3 is 5.97 Å². The second-order valence-corrected chi connectivity index (χ2v) is 7.41. The van der Waals surface area contributed by atoms with E-state index in [0.717, 1.165) is 26.7 Å². The number of nitrogens with one attached hydrogen (secondary N) is 1. The van der Waals surface area contributed by atoms with Gasteiger partial charge in [-0.05, 0) is 43.7 Å². The molecule has 2 N–H and O–H groups in total. The van der Waals surface area contributed by atoms with E-state index < -0.39 is 5.97 Å². The summed E-state index contributed by atoms with van der Waals surface area (Å²) in [6.45, 7) is 3.23. The molecular weight excluding hydrogens is 362 g/mol. The Morgan fingerprint density at radius 2 is 2.07 bits per heavy atom. The Morgan fingerprint density at radius 3 is 2.67 bits per heavy atom. The van der Waals surface area contributed by atoms with Crippen LogP contribution in [0.25, 0.3) is 6.08 Å². The van der Waals surface area contributed by atoms with Crippen LogP contribution < -0.4 is 5.32 Å². The van der Waals surface area contributed by atoms with E-state index in [0.29, 0.717) is 12.0 Å². The van der Waals surface area contributed by atoms with Gasteiger partial charge in [0.2, 0.25) is 5.91 Å². The number of carbonyl (C=O) groups is 2. The van der Waals surface area contributed by atoms with Crippen molar-refractivity contribution in [2.45, 2.75) is 42.6 Å². The number of hydrogen-bond donors (Lipinski definition) is 2. The largest absolute Gasteiger partial charge is 0.480 e. The normalized spacial score (nSPS) is 15.1. The minimum absolute atomic E-state index is 0.126. The maximum absolute atomic E-state index is 11.7. The number of nitrogens with zero attached hydrogens (tertiary/aromatic N) is 2. The van der Waals surface area contributed by atoms with E-state index in [9.17, 15) is 14.7 Å². The SMILES string of the molecule is CC(=O)NC1CC=Cc2c1c(Sc1ccc(C#N)cc1)c(C)n2CC(=O)O. The topological polar surface area (TPSA) is 95.1 Å². The molecule has 0 fully saturated rings. The van der Waals surface area contributed by atoms with Gasteiger partial charge in [-0.1, -0.05) is 17.8 Å². The molecule has 27 heavy (non-hydrogen) atoms. The third kappa shape index (κ3) is 3.91. The first-order valence-corrected chi connectivity index (χ1v) is 9.28. The average molecular weight is 381 g/mol. The molecule has 1 unspecified atom stereocenters. The maximum Gasteiger partial charge on any atom is 0.323 e. The molecule has 138 valence electrons. The summed E-state index contributed by atoms with van der Waals surface area (Å²) in [6.07, 6.45) is 4.54. The number of carboxylic acids is 1. The van der Waals surface area contributed by atoms with Crippen LogP contribution in [-0.2, 0) is 16.1 Å². The Morgan fingerprint density at radius 1 is 1.37 bits per heavy atom. The molecule has 1 heterocycles. The van der Waals surface area contributed by atoms with Gasteiger partial charge in [0.05, 0.1) is 17.7 Å². The van der Waals surface area contributed by atoms with Crippen molar-refractivity contribution in [1.82, 2.24) is 9.88 Å². The van der Waals surface area contributed by atoms with Crippen LogP contribution in [0, 0.1) is 18.3 Å². The van der Waals surface area contributed by atoms with Crippen molar-refractivity contribution < 1.29 is 14.7 Å². The summed E-state index contributed by atoms with van der Waals surface area (Å²) in [5, 5.41) is 21.2. The zero-order chi connectivity index (χ0) is 19.6. The zero-order valence-corrected chi connectivity index (χ0v) is 15.8. The van der Waals surface area contributed by atoms with E-state index in [1.165, 1.54) is 18.7 Å². The number of amides is 1. The number of carbonyl (C=O) groups excluding carboxylic acids is 1. The molecule has 1 atom stereocenters. The summed E-state index contributed by atoms with van der Waals surface area (Å²) in [4.78, 5) is 24.9. The van der Waals surface area contributed by atoms with Gasteiger partial charge in [-0.25, -0.2) is 0 Å². The van der Waals surface area contributed by atoms with Gasteiger partial charge in [-0.15, -0.1) is 0 Å². The molecule has 0 spiro atoms. The molecule has 7 heteroatoms. The fourth-order valence-electron chi connectivity index (χ4n) is 3.27. The predicted octanol–water partition coefficient (Wildman–Crippen LogP) is 3.50. The zero-order valence-electron chi connectivity index (χ0n) is 15.0. The number of aliphatic carboxylic acids is 1. The summed E-state index contributed by atoms with van der Waals surface area (Å²) >= 11 is 1.52. The van der Waals surface area contributed by atoms with Gasteiger partial charge in [0, 0.05) is 33.7 Å². The number of rotatable bonds is 5. The molecular formula is C20H19N3O3S.